The average Bonchev–Trinajstić information content (AvgIpc) is 2.70. The third kappa shape index (κ3) is 5.39. The Morgan fingerprint density at radius 2 is 1.75 bits per heavy atom. The first kappa shape index (κ1) is 21.6. The van der Waals surface area contributed by atoms with Crippen LogP contribution in [-0.2, 0) is 0 Å². The number of rotatable bonds is 9. The molecule has 0 heterocycles. The van der Waals surface area contributed by atoms with Gasteiger partial charge in [0, 0.05) is 5.56 Å². The molecule has 0 spiro atoms. The number of nitrogens with one attached hydrogen (secondary N) is 1. The van der Waals surface area contributed by atoms with Gasteiger partial charge in [0.05, 0.1) is 38.1 Å². The monoisotopic (exact) mass is 450 g/mol. The van der Waals surface area contributed by atoms with Crippen LogP contribution in [0, 0.1) is 0 Å². The largest absolute Gasteiger partial charge is 0.493 e. The van der Waals surface area contributed by atoms with Gasteiger partial charge in [-0.3, -0.25) is 4.79 Å². The summed E-state index contributed by atoms with van der Waals surface area (Å²) in [6.45, 7) is 4.83. The molecule has 1 N–H and O–H groups in total. The van der Waals surface area contributed by atoms with Gasteiger partial charge in [-0.05, 0) is 65.7 Å². The summed E-state index contributed by atoms with van der Waals surface area (Å²) in [5, 5.41) is 4.02. The van der Waals surface area contributed by atoms with Crippen LogP contribution in [0.5, 0.6) is 23.0 Å². The highest BCUT2D eigenvalue weighted by Crippen LogP contribution is 2.36. The van der Waals surface area contributed by atoms with Crippen molar-refractivity contribution in [1.82, 2.24) is 5.43 Å². The van der Waals surface area contributed by atoms with E-state index in [-0.39, 0.29) is 5.91 Å². The van der Waals surface area contributed by atoms with Crippen molar-refractivity contribution < 1.29 is 23.7 Å². The number of hydrazone groups is 1. The molecule has 2 rings (SSSR count). The van der Waals surface area contributed by atoms with Gasteiger partial charge in [0.2, 0.25) is 0 Å². The molecular formula is C20H23BrN2O5. The van der Waals surface area contributed by atoms with E-state index in [9.17, 15) is 4.79 Å². The Hall–Kier alpha value is -2.74. The fourth-order valence-corrected chi connectivity index (χ4v) is 2.99. The number of nitrogens with zero attached hydrogens (tertiary/aromatic N) is 1. The highest BCUT2D eigenvalue weighted by atomic mass is 79.9. The number of hydrogen-bond acceptors (Lipinski definition) is 6. The van der Waals surface area contributed by atoms with Gasteiger partial charge in [-0.1, -0.05) is 0 Å². The fourth-order valence-electron chi connectivity index (χ4n) is 2.42. The van der Waals surface area contributed by atoms with Crippen LogP contribution in [0.1, 0.15) is 29.8 Å². The molecule has 0 atom stereocenters. The third-order valence-corrected chi connectivity index (χ3v) is 4.23. The van der Waals surface area contributed by atoms with Gasteiger partial charge in [0.1, 0.15) is 0 Å². The molecule has 7 nitrogen and oxygen atoms in total. The van der Waals surface area contributed by atoms with Crippen molar-refractivity contribution in [2.45, 2.75) is 13.8 Å². The van der Waals surface area contributed by atoms with Gasteiger partial charge in [-0.15, -0.1) is 0 Å². The molecule has 0 unspecified atom stereocenters. The maximum atomic E-state index is 12.3. The minimum absolute atomic E-state index is 0.368. The molecule has 0 saturated heterocycles. The summed E-state index contributed by atoms with van der Waals surface area (Å²) in [6, 6.07) is 8.51. The number of hydrogen-bond donors (Lipinski definition) is 1. The van der Waals surface area contributed by atoms with E-state index in [2.05, 4.69) is 26.5 Å². The number of amides is 1. The molecular weight excluding hydrogens is 428 g/mol. The zero-order valence-corrected chi connectivity index (χ0v) is 17.8. The minimum atomic E-state index is -0.368. The molecule has 0 saturated carbocycles. The van der Waals surface area contributed by atoms with Crippen molar-refractivity contribution in [3.05, 3.63) is 45.9 Å². The van der Waals surface area contributed by atoms with Gasteiger partial charge in [-0.2, -0.15) is 5.10 Å². The molecule has 0 fully saturated rings. The number of carbonyl (C=O) groups is 1. The first-order valence-electron chi connectivity index (χ1n) is 8.68. The van der Waals surface area contributed by atoms with Crippen molar-refractivity contribution in [2.24, 2.45) is 5.10 Å². The Labute approximate surface area is 172 Å². The van der Waals surface area contributed by atoms with Crippen LogP contribution in [0.4, 0.5) is 0 Å². The van der Waals surface area contributed by atoms with Gasteiger partial charge in [-0.25, -0.2) is 5.43 Å². The lowest BCUT2D eigenvalue weighted by molar-refractivity contribution is 0.0954. The number of benzene rings is 2. The Morgan fingerprint density at radius 3 is 2.39 bits per heavy atom. The molecule has 150 valence electrons. The van der Waals surface area contributed by atoms with Crippen LogP contribution >= 0.6 is 15.9 Å². The molecule has 0 aliphatic rings. The lowest BCUT2D eigenvalue weighted by Crippen LogP contribution is -2.17. The van der Waals surface area contributed by atoms with E-state index in [1.807, 2.05) is 19.9 Å². The molecule has 2 aromatic carbocycles. The molecule has 1 amide bonds. The van der Waals surface area contributed by atoms with Crippen molar-refractivity contribution in [1.29, 1.82) is 0 Å². The minimum Gasteiger partial charge on any atom is -0.493 e. The summed E-state index contributed by atoms with van der Waals surface area (Å²) in [5.74, 6) is 1.88. The lowest BCUT2D eigenvalue weighted by Gasteiger charge is -2.13. The predicted octanol–water partition coefficient (Wildman–Crippen LogP) is 4.03. The first-order valence-corrected chi connectivity index (χ1v) is 9.47. The normalized spacial score (nSPS) is 10.6. The van der Waals surface area contributed by atoms with Gasteiger partial charge in [0.15, 0.2) is 23.0 Å². The SMILES string of the molecule is CCOc1cc(/C=N/NC(=O)c2ccc(OC)c(OC)c2)cc(Br)c1OCC. The highest BCUT2D eigenvalue weighted by Gasteiger charge is 2.12. The molecule has 8 heteroatoms. The number of halogens is 1. The Kier molecular flexibility index (Phi) is 8.13. The summed E-state index contributed by atoms with van der Waals surface area (Å²) >= 11 is 3.48. The highest BCUT2D eigenvalue weighted by molar-refractivity contribution is 9.10. The topological polar surface area (TPSA) is 78.4 Å². The average molecular weight is 451 g/mol. The summed E-state index contributed by atoms with van der Waals surface area (Å²) < 4.78 is 22.4. The van der Waals surface area contributed by atoms with Crippen LogP contribution in [0.25, 0.3) is 0 Å². The zero-order chi connectivity index (χ0) is 20.5. The quantitative estimate of drug-likeness (QED) is 0.460. The summed E-state index contributed by atoms with van der Waals surface area (Å²) in [7, 11) is 3.05. The second-order valence-corrected chi connectivity index (χ2v) is 6.32. The summed E-state index contributed by atoms with van der Waals surface area (Å²) in [5.41, 5.74) is 3.64. The Balaban J connectivity index is 2.14. The Bertz CT molecular complexity index is 855. The predicted molar refractivity (Wildman–Crippen MR) is 111 cm³/mol. The molecule has 2 aromatic rings. The van der Waals surface area contributed by atoms with Crippen molar-refractivity contribution in [2.75, 3.05) is 27.4 Å². The fraction of sp³-hybridized carbons (Fsp3) is 0.300. The number of carbonyl (C=O) groups excluding carboxylic acids is 1. The molecule has 0 aromatic heterocycles. The Morgan fingerprint density at radius 1 is 1.04 bits per heavy atom. The maximum absolute atomic E-state index is 12.3. The van der Waals surface area contributed by atoms with Crippen molar-refractivity contribution >= 4 is 28.1 Å². The smallest absolute Gasteiger partial charge is 0.271 e. The van der Waals surface area contributed by atoms with Gasteiger partial charge >= 0.3 is 0 Å². The van der Waals surface area contributed by atoms with E-state index in [0.717, 1.165) is 10.0 Å². The number of methoxy groups -OCH3 is 2. The second-order valence-electron chi connectivity index (χ2n) is 5.46. The summed E-state index contributed by atoms with van der Waals surface area (Å²) in [4.78, 5) is 12.3. The van der Waals surface area contributed by atoms with Gasteiger partial charge < -0.3 is 18.9 Å². The molecule has 28 heavy (non-hydrogen) atoms. The van der Waals surface area contributed by atoms with Gasteiger partial charge in [0.25, 0.3) is 5.91 Å². The summed E-state index contributed by atoms with van der Waals surface area (Å²) in [6.07, 6.45) is 1.53. The lowest BCUT2D eigenvalue weighted by atomic mass is 10.2. The maximum Gasteiger partial charge on any atom is 0.271 e. The van der Waals surface area contributed by atoms with E-state index in [0.29, 0.717) is 41.8 Å². The molecule has 0 radical (unpaired) electrons. The van der Waals surface area contributed by atoms with E-state index in [1.54, 1.807) is 24.3 Å². The van der Waals surface area contributed by atoms with Crippen LogP contribution in [0.3, 0.4) is 0 Å². The molecule has 0 bridgehead atoms. The standard InChI is InChI=1S/C20H23BrN2O5/c1-5-27-18-10-13(9-15(21)19(18)28-6-2)12-22-23-20(24)14-7-8-16(25-3)17(11-14)26-4/h7-12H,5-6H2,1-4H3,(H,23,24)/b22-12+. The van der Waals surface area contributed by atoms with E-state index < -0.39 is 0 Å². The molecule has 0 aliphatic heterocycles. The first-order chi connectivity index (χ1) is 13.5. The second kappa shape index (κ2) is 10.6. The van der Waals surface area contributed by atoms with Crippen molar-refractivity contribution in [3.63, 3.8) is 0 Å². The third-order valence-electron chi connectivity index (χ3n) is 3.65. The zero-order valence-electron chi connectivity index (χ0n) is 16.2. The van der Waals surface area contributed by atoms with E-state index in [4.69, 9.17) is 18.9 Å². The van der Waals surface area contributed by atoms with Crippen LogP contribution in [0.2, 0.25) is 0 Å². The van der Waals surface area contributed by atoms with E-state index in [1.165, 1.54) is 20.4 Å². The van der Waals surface area contributed by atoms with Crippen LogP contribution in [-0.4, -0.2) is 39.6 Å². The van der Waals surface area contributed by atoms with E-state index >= 15 is 0 Å². The number of ether oxygens (including phenoxy) is 4. The van der Waals surface area contributed by atoms with Crippen LogP contribution in [0.15, 0.2) is 39.9 Å². The molecule has 0 aliphatic carbocycles. The van der Waals surface area contributed by atoms with Crippen LogP contribution < -0.4 is 24.4 Å². The van der Waals surface area contributed by atoms with Crippen molar-refractivity contribution in [3.8, 4) is 23.0 Å².